The summed E-state index contributed by atoms with van der Waals surface area (Å²) >= 11 is 0. The van der Waals surface area contributed by atoms with Crippen molar-refractivity contribution in [1.29, 1.82) is 0 Å². The van der Waals surface area contributed by atoms with E-state index in [2.05, 4.69) is 33.8 Å². The first-order valence-corrected chi connectivity index (χ1v) is 17.4. The van der Waals surface area contributed by atoms with Gasteiger partial charge in [0.25, 0.3) is 11.8 Å². The maximum atomic E-state index is 13.1. The van der Waals surface area contributed by atoms with Gasteiger partial charge in [0.05, 0.1) is 11.7 Å². The van der Waals surface area contributed by atoms with Gasteiger partial charge in [-0.1, -0.05) is 25.3 Å². The fourth-order valence-electron chi connectivity index (χ4n) is 6.93. The molecule has 16 heteroatoms. The van der Waals surface area contributed by atoms with E-state index in [4.69, 9.17) is 9.47 Å². The summed E-state index contributed by atoms with van der Waals surface area (Å²) in [7, 11) is 0. The van der Waals surface area contributed by atoms with Gasteiger partial charge in [-0.2, -0.15) is 0 Å². The second-order valence-electron chi connectivity index (χ2n) is 13.5. The highest BCUT2D eigenvalue weighted by Gasteiger charge is 2.46. The van der Waals surface area contributed by atoms with Crippen molar-refractivity contribution >= 4 is 41.9 Å². The number of aromatic nitrogens is 2. The van der Waals surface area contributed by atoms with Crippen LogP contribution in [0.5, 0.6) is 0 Å². The third kappa shape index (κ3) is 8.17. The fourth-order valence-corrected chi connectivity index (χ4v) is 6.93. The molecule has 5 heterocycles. The average molecular weight is 759 g/mol. The standard InChI is InChI=1S/C39H44N4O12/c1-7-20-19(6)36(50)43-27(20)14-25-18(5)23(10-12-31(46)54-39-34(49)32(47)33(48)35(55-39)38(52)53)29(41-25)15-28-22(9-11-30(44)45)17(4)24(40-28)13-26-16(3)21(8-2)37(51)42-26/h7-8,13-14,32-35,39-41,47-49H,1-2,9-12,15H2,3-6H3,(H,42,51)(H,43,50)(H,44,45)(H,52,53)/p-2/b26-13-,27-14-/t32-,33-,34+,35-,39+/m0/s1. The first kappa shape index (κ1) is 40.4. The smallest absolute Gasteiger partial charge is 0.308 e. The summed E-state index contributed by atoms with van der Waals surface area (Å²) in [5.41, 5.74) is 8.47. The molecule has 2 aromatic heterocycles. The number of H-pyrrole nitrogens is 2. The van der Waals surface area contributed by atoms with Crippen LogP contribution in [0.4, 0.5) is 0 Å². The van der Waals surface area contributed by atoms with Gasteiger partial charge >= 0.3 is 5.97 Å². The molecule has 7 N–H and O–H groups in total. The van der Waals surface area contributed by atoms with Crippen molar-refractivity contribution in [3.05, 3.63) is 104 Å². The van der Waals surface area contributed by atoms with E-state index < -0.39 is 48.6 Å². The second kappa shape index (κ2) is 16.3. The van der Waals surface area contributed by atoms with Crippen LogP contribution in [0.3, 0.4) is 0 Å². The molecule has 5 atom stereocenters. The molecular formula is C39H42N4O12-2. The van der Waals surface area contributed by atoms with Gasteiger partial charge in [0.2, 0.25) is 6.29 Å². The van der Waals surface area contributed by atoms with Crippen LogP contribution >= 0.6 is 0 Å². The number of aliphatic carboxylic acids is 2. The molecule has 0 spiro atoms. The molecule has 5 rings (SSSR count). The minimum atomic E-state index is -2.07. The number of aliphatic hydroxyl groups excluding tert-OH is 3. The number of aliphatic hydroxyl groups is 3. The van der Waals surface area contributed by atoms with Crippen molar-refractivity contribution in [2.45, 2.75) is 90.5 Å². The van der Waals surface area contributed by atoms with E-state index >= 15 is 0 Å². The topological polar surface area (TPSA) is 266 Å². The number of carbonyl (C=O) groups excluding carboxylic acids is 5. The summed E-state index contributed by atoms with van der Waals surface area (Å²) in [4.78, 5) is 67.8. The molecular weight excluding hydrogens is 716 g/mol. The van der Waals surface area contributed by atoms with Crippen molar-refractivity contribution < 1.29 is 59.0 Å². The summed E-state index contributed by atoms with van der Waals surface area (Å²) in [5.74, 6) is -4.63. The van der Waals surface area contributed by atoms with Gasteiger partial charge in [-0.15, -0.1) is 0 Å². The molecule has 1 saturated heterocycles. The van der Waals surface area contributed by atoms with Crippen LogP contribution in [-0.2, 0) is 52.7 Å². The summed E-state index contributed by atoms with van der Waals surface area (Å²) in [6.07, 6.45) is -3.68. The molecule has 2 amide bonds. The van der Waals surface area contributed by atoms with Gasteiger partial charge in [0, 0.05) is 64.0 Å². The monoisotopic (exact) mass is 758 g/mol. The lowest BCUT2D eigenvalue weighted by Crippen LogP contribution is -2.62. The maximum absolute atomic E-state index is 13.1. The number of allylic oxidation sites excluding steroid dienone is 2. The molecule has 292 valence electrons. The number of hydrogen-bond acceptors (Lipinski definition) is 12. The number of carbonyl (C=O) groups is 5. The summed E-state index contributed by atoms with van der Waals surface area (Å²) < 4.78 is 10.2. The Kier molecular flexibility index (Phi) is 12.0. The summed E-state index contributed by atoms with van der Waals surface area (Å²) in [5, 5.41) is 59.0. The van der Waals surface area contributed by atoms with Gasteiger partial charge in [-0.25, -0.2) is 0 Å². The van der Waals surface area contributed by atoms with Gasteiger partial charge in [-0.3, -0.25) is 14.4 Å². The molecule has 3 aliphatic rings. The normalized spacial score (nSPS) is 24.1. The van der Waals surface area contributed by atoms with Gasteiger partial charge in [-0.05, 0) is 86.9 Å². The highest BCUT2D eigenvalue weighted by Crippen LogP contribution is 2.32. The van der Waals surface area contributed by atoms with Crippen LogP contribution < -0.4 is 20.8 Å². The Morgan fingerprint density at radius 1 is 0.764 bits per heavy atom. The Balaban J connectivity index is 1.51. The van der Waals surface area contributed by atoms with Crippen LogP contribution in [0.2, 0.25) is 0 Å². The molecule has 0 saturated carbocycles. The highest BCUT2D eigenvalue weighted by molar-refractivity contribution is 6.03. The number of carboxylic acid groups (broad SMARTS) is 2. The lowest BCUT2D eigenvalue weighted by molar-refractivity contribution is -0.346. The molecule has 0 radical (unpaired) electrons. The average Bonchev–Trinajstić information content (AvgIpc) is 3.78. The molecule has 1 fully saturated rings. The van der Waals surface area contributed by atoms with E-state index in [0.717, 1.165) is 5.56 Å². The van der Waals surface area contributed by atoms with Crippen LogP contribution in [0, 0.1) is 13.8 Å². The Morgan fingerprint density at radius 2 is 1.31 bits per heavy atom. The number of hydrogen-bond donors (Lipinski definition) is 7. The Bertz CT molecular complexity index is 2110. The van der Waals surface area contributed by atoms with Crippen molar-refractivity contribution in [2.75, 3.05) is 0 Å². The summed E-state index contributed by atoms with van der Waals surface area (Å²) in [6.45, 7) is 14.6. The lowest BCUT2D eigenvalue weighted by atomic mass is 9.98. The molecule has 3 aliphatic heterocycles. The number of carboxylic acids is 2. The number of esters is 1. The minimum Gasteiger partial charge on any atom is -0.550 e. The Hall–Kier alpha value is -5.81. The predicted molar refractivity (Wildman–Crippen MR) is 191 cm³/mol. The number of rotatable bonds is 14. The van der Waals surface area contributed by atoms with Crippen LogP contribution in [0.1, 0.15) is 71.7 Å². The highest BCUT2D eigenvalue weighted by atomic mass is 16.7. The second-order valence-corrected chi connectivity index (χ2v) is 13.5. The molecule has 0 aliphatic carbocycles. The lowest BCUT2D eigenvalue weighted by Gasteiger charge is -2.40. The summed E-state index contributed by atoms with van der Waals surface area (Å²) in [6, 6.07) is 0. The fraction of sp³-hybridized carbons (Fsp3) is 0.359. The number of amides is 2. The van der Waals surface area contributed by atoms with E-state index in [9.17, 15) is 49.5 Å². The van der Waals surface area contributed by atoms with Crippen molar-refractivity contribution in [2.24, 2.45) is 0 Å². The first-order valence-electron chi connectivity index (χ1n) is 17.4. The van der Waals surface area contributed by atoms with E-state index in [1.807, 2.05) is 6.92 Å². The van der Waals surface area contributed by atoms with Crippen LogP contribution in [0.15, 0.2) is 59.0 Å². The molecule has 2 aromatic rings. The zero-order valence-electron chi connectivity index (χ0n) is 30.7. The molecule has 55 heavy (non-hydrogen) atoms. The predicted octanol–water partition coefficient (Wildman–Crippen LogP) is -0.787. The number of nitrogens with one attached hydrogen (secondary N) is 4. The largest absolute Gasteiger partial charge is 0.550 e. The Labute approximate surface area is 315 Å². The quantitative estimate of drug-likeness (QED) is 0.117. The van der Waals surface area contributed by atoms with Crippen LogP contribution in [-0.4, -0.2) is 85.7 Å². The molecule has 0 aromatic carbocycles. The van der Waals surface area contributed by atoms with Crippen molar-refractivity contribution in [1.82, 2.24) is 20.6 Å². The first-order chi connectivity index (χ1) is 26.0. The van der Waals surface area contributed by atoms with E-state index in [1.165, 1.54) is 6.08 Å². The van der Waals surface area contributed by atoms with Crippen molar-refractivity contribution in [3.63, 3.8) is 0 Å². The number of aromatic amines is 2. The zero-order chi connectivity index (χ0) is 40.5. The Morgan fingerprint density at radius 3 is 1.84 bits per heavy atom. The number of ether oxygens (including phenoxy) is 2. The van der Waals surface area contributed by atoms with Gasteiger partial charge < -0.3 is 65.2 Å². The van der Waals surface area contributed by atoms with E-state index in [0.29, 0.717) is 73.2 Å². The molecule has 0 bridgehead atoms. The van der Waals surface area contributed by atoms with Gasteiger partial charge in [0.1, 0.15) is 24.4 Å². The van der Waals surface area contributed by atoms with Gasteiger partial charge in [0.15, 0.2) is 0 Å². The maximum Gasteiger partial charge on any atom is 0.308 e. The van der Waals surface area contributed by atoms with Crippen molar-refractivity contribution in [3.8, 4) is 0 Å². The van der Waals surface area contributed by atoms with E-state index in [1.54, 1.807) is 39.0 Å². The zero-order valence-corrected chi connectivity index (χ0v) is 30.7. The van der Waals surface area contributed by atoms with Crippen LogP contribution in [0.25, 0.3) is 12.2 Å². The minimum absolute atomic E-state index is 0.0401. The SMILES string of the molecule is C=CC1=C(C)/C(=C/c2[nH]c(Cc3[nH]c(/C=C4\NC(=O)C(C)=C4C=C)c(C)c3CCC(=O)O[C@@H]3O[C@H](C(=O)[O-])[C@@H](O)[C@H](O)[C@H]3O)c(CCC(=O)[O-])c2C)NC1=O. The van der Waals surface area contributed by atoms with E-state index in [-0.39, 0.29) is 43.9 Å². The molecule has 16 nitrogen and oxygen atoms in total. The third-order valence-corrected chi connectivity index (χ3v) is 10.1. The third-order valence-electron chi connectivity index (χ3n) is 10.1. The molecule has 0 unspecified atom stereocenters.